The summed E-state index contributed by atoms with van der Waals surface area (Å²) in [5.74, 6) is 4.90. The number of nitrogens with one attached hydrogen (secondary N) is 1. The van der Waals surface area contributed by atoms with Gasteiger partial charge in [0, 0.05) is 18.5 Å². The Morgan fingerprint density at radius 3 is 2.75 bits per heavy atom. The van der Waals surface area contributed by atoms with E-state index in [1.54, 1.807) is 0 Å². The van der Waals surface area contributed by atoms with Gasteiger partial charge in [0.1, 0.15) is 0 Å². The molecule has 5 heteroatoms. The quantitative estimate of drug-likeness (QED) is 0.360. The van der Waals surface area contributed by atoms with Gasteiger partial charge in [0.15, 0.2) is 0 Å². The van der Waals surface area contributed by atoms with Gasteiger partial charge < -0.3 is 5.11 Å². The molecule has 1 aliphatic carbocycles. The lowest BCUT2D eigenvalue weighted by Crippen LogP contribution is -2.48. The number of carbonyl (C=O) groups is 1. The molecule has 0 heterocycles. The predicted octanol–water partition coefficient (Wildman–Crippen LogP) is -0.00980. The number of nitrogens with zero attached hydrogens (tertiary/aromatic N) is 1. The van der Waals surface area contributed by atoms with Crippen LogP contribution in [-0.2, 0) is 4.79 Å². The summed E-state index contributed by atoms with van der Waals surface area (Å²) < 4.78 is 0. The molecule has 94 valence electrons. The molecule has 0 aromatic rings. The van der Waals surface area contributed by atoms with E-state index in [0.717, 1.165) is 25.7 Å². The molecule has 0 bridgehead atoms. The first-order chi connectivity index (χ1) is 7.56. The minimum Gasteiger partial charge on any atom is -0.391 e. The van der Waals surface area contributed by atoms with E-state index in [0.29, 0.717) is 6.42 Å². The number of hydrogen-bond donors (Lipinski definition) is 3. The summed E-state index contributed by atoms with van der Waals surface area (Å²) in [5.41, 5.74) is 2.14. The number of hydrazine groups is 1. The van der Waals surface area contributed by atoms with E-state index < -0.39 is 0 Å². The van der Waals surface area contributed by atoms with Gasteiger partial charge >= 0.3 is 0 Å². The minimum absolute atomic E-state index is 0.0984. The Balaban J connectivity index is 2.47. The maximum atomic E-state index is 11.2. The second-order valence-electron chi connectivity index (χ2n) is 4.71. The third-order valence-electron chi connectivity index (χ3n) is 3.55. The van der Waals surface area contributed by atoms with E-state index in [-0.39, 0.29) is 24.1 Å². The van der Waals surface area contributed by atoms with Crippen LogP contribution >= 0.6 is 0 Å². The number of likely N-dealkylation sites (N-methyl/N-ethyl adjacent to an activating group) is 1. The summed E-state index contributed by atoms with van der Waals surface area (Å²) in [5, 5.41) is 9.91. The molecule has 1 aliphatic rings. The van der Waals surface area contributed by atoms with Gasteiger partial charge in [0.25, 0.3) is 0 Å². The van der Waals surface area contributed by atoms with Gasteiger partial charge in [-0.1, -0.05) is 12.8 Å². The Hall–Kier alpha value is -0.650. The number of nitrogens with two attached hydrogens (primary N) is 1. The minimum atomic E-state index is -0.262. The van der Waals surface area contributed by atoms with Gasteiger partial charge in [0.2, 0.25) is 5.91 Å². The number of aliphatic hydroxyl groups is 1. The number of hydrogen-bond acceptors (Lipinski definition) is 4. The largest absolute Gasteiger partial charge is 0.391 e. The molecule has 16 heavy (non-hydrogen) atoms. The zero-order valence-electron chi connectivity index (χ0n) is 10.1. The third-order valence-corrected chi connectivity index (χ3v) is 3.55. The summed E-state index contributed by atoms with van der Waals surface area (Å²) in [4.78, 5) is 13.3. The van der Waals surface area contributed by atoms with Crippen molar-refractivity contribution in [3.05, 3.63) is 0 Å². The molecule has 0 aromatic carbocycles. The summed E-state index contributed by atoms with van der Waals surface area (Å²) in [6.07, 6.45) is 4.24. The van der Waals surface area contributed by atoms with Crippen molar-refractivity contribution in [1.82, 2.24) is 10.3 Å². The van der Waals surface area contributed by atoms with Crippen molar-refractivity contribution in [2.45, 2.75) is 57.2 Å². The molecule has 5 nitrogen and oxygen atoms in total. The van der Waals surface area contributed by atoms with E-state index >= 15 is 0 Å². The molecule has 1 rings (SSSR count). The second kappa shape index (κ2) is 6.18. The fourth-order valence-corrected chi connectivity index (χ4v) is 2.36. The average Bonchev–Trinajstić information content (AvgIpc) is 2.28. The molecular weight excluding hydrogens is 206 g/mol. The van der Waals surface area contributed by atoms with Gasteiger partial charge in [-0.2, -0.15) is 0 Å². The van der Waals surface area contributed by atoms with Crippen LogP contribution in [0, 0.1) is 0 Å². The standard InChI is InChI=1S/C11H23N3O2/c1-8(7-11(16)13-12)14(2)9-5-3-4-6-10(9)15/h8-10,15H,3-7,12H2,1-2H3,(H,13,16). The lowest BCUT2D eigenvalue weighted by molar-refractivity contribution is -0.122. The molecule has 1 fully saturated rings. The van der Waals surface area contributed by atoms with E-state index in [1.165, 1.54) is 0 Å². The predicted molar refractivity (Wildman–Crippen MR) is 62.4 cm³/mol. The van der Waals surface area contributed by atoms with E-state index in [9.17, 15) is 9.90 Å². The van der Waals surface area contributed by atoms with Crippen LogP contribution in [-0.4, -0.2) is 41.1 Å². The van der Waals surface area contributed by atoms with Gasteiger partial charge in [-0.15, -0.1) is 0 Å². The van der Waals surface area contributed by atoms with Crippen molar-refractivity contribution < 1.29 is 9.90 Å². The zero-order chi connectivity index (χ0) is 12.1. The average molecular weight is 229 g/mol. The summed E-state index contributed by atoms with van der Waals surface area (Å²) in [6, 6.07) is 0.274. The lowest BCUT2D eigenvalue weighted by atomic mass is 9.90. The van der Waals surface area contributed by atoms with Crippen LogP contribution in [0.25, 0.3) is 0 Å². The lowest BCUT2D eigenvalue weighted by Gasteiger charge is -2.38. The van der Waals surface area contributed by atoms with E-state index in [2.05, 4.69) is 10.3 Å². The van der Waals surface area contributed by atoms with Crippen molar-refractivity contribution in [3.8, 4) is 0 Å². The Labute approximate surface area is 97.0 Å². The highest BCUT2D eigenvalue weighted by molar-refractivity contribution is 5.75. The highest BCUT2D eigenvalue weighted by Gasteiger charge is 2.29. The van der Waals surface area contributed by atoms with Crippen molar-refractivity contribution in [2.24, 2.45) is 5.84 Å². The first-order valence-corrected chi connectivity index (χ1v) is 5.95. The van der Waals surface area contributed by atoms with Crippen LogP contribution in [0.3, 0.4) is 0 Å². The summed E-state index contributed by atoms with van der Waals surface area (Å²) in [7, 11) is 1.97. The zero-order valence-corrected chi connectivity index (χ0v) is 10.1. The van der Waals surface area contributed by atoms with Gasteiger partial charge in [0.05, 0.1) is 6.10 Å². The SMILES string of the molecule is CC(CC(=O)NN)N(C)C1CCCCC1O. The van der Waals surface area contributed by atoms with Crippen molar-refractivity contribution in [3.63, 3.8) is 0 Å². The Morgan fingerprint density at radius 1 is 1.56 bits per heavy atom. The van der Waals surface area contributed by atoms with Crippen LogP contribution in [0.15, 0.2) is 0 Å². The Morgan fingerprint density at radius 2 is 2.19 bits per heavy atom. The topological polar surface area (TPSA) is 78.6 Å². The summed E-state index contributed by atoms with van der Waals surface area (Å²) in [6.45, 7) is 1.98. The maximum Gasteiger partial charge on any atom is 0.235 e. The molecule has 0 spiro atoms. The maximum absolute atomic E-state index is 11.2. The fraction of sp³-hybridized carbons (Fsp3) is 0.909. The third kappa shape index (κ3) is 3.43. The van der Waals surface area contributed by atoms with Gasteiger partial charge in [-0.25, -0.2) is 5.84 Å². The van der Waals surface area contributed by atoms with E-state index in [4.69, 9.17) is 5.84 Å². The van der Waals surface area contributed by atoms with Crippen molar-refractivity contribution in [2.75, 3.05) is 7.05 Å². The van der Waals surface area contributed by atoms with Crippen LogP contribution in [0.2, 0.25) is 0 Å². The monoisotopic (exact) mass is 229 g/mol. The molecule has 1 amide bonds. The highest BCUT2D eigenvalue weighted by atomic mass is 16.3. The van der Waals surface area contributed by atoms with E-state index in [1.807, 2.05) is 14.0 Å². The first kappa shape index (κ1) is 13.4. The van der Waals surface area contributed by atoms with Gasteiger partial charge in [-0.3, -0.25) is 15.1 Å². The molecule has 0 saturated heterocycles. The molecule has 0 aromatic heterocycles. The highest BCUT2D eigenvalue weighted by Crippen LogP contribution is 2.24. The van der Waals surface area contributed by atoms with Gasteiger partial charge in [-0.05, 0) is 26.8 Å². The molecule has 0 radical (unpaired) electrons. The van der Waals surface area contributed by atoms with Crippen molar-refractivity contribution >= 4 is 5.91 Å². The number of aliphatic hydroxyl groups excluding tert-OH is 1. The summed E-state index contributed by atoms with van der Waals surface area (Å²) >= 11 is 0. The first-order valence-electron chi connectivity index (χ1n) is 5.95. The molecule has 3 atom stereocenters. The van der Waals surface area contributed by atoms with Crippen molar-refractivity contribution in [1.29, 1.82) is 0 Å². The molecule has 1 saturated carbocycles. The molecule has 4 N–H and O–H groups in total. The normalized spacial score (nSPS) is 27.8. The van der Waals surface area contributed by atoms with Crippen LogP contribution in [0.1, 0.15) is 39.0 Å². The van der Waals surface area contributed by atoms with Crippen LogP contribution in [0.4, 0.5) is 0 Å². The van der Waals surface area contributed by atoms with Crippen LogP contribution < -0.4 is 11.3 Å². The molecular formula is C11H23N3O2. The smallest absolute Gasteiger partial charge is 0.235 e. The molecule has 0 aliphatic heterocycles. The second-order valence-corrected chi connectivity index (χ2v) is 4.71. The Kier molecular flexibility index (Phi) is 5.18. The number of carbonyl (C=O) groups excluding carboxylic acids is 1. The number of rotatable bonds is 4. The Bertz CT molecular complexity index is 235. The van der Waals surface area contributed by atoms with Crippen LogP contribution in [0.5, 0.6) is 0 Å². The fourth-order valence-electron chi connectivity index (χ4n) is 2.36. The number of amides is 1. The molecule has 3 unspecified atom stereocenters.